The minimum Gasteiger partial charge on any atom is -0.449 e. The lowest BCUT2D eigenvalue weighted by atomic mass is 10.1. The second kappa shape index (κ2) is 7.53. The molecule has 0 N–H and O–H groups in total. The van der Waals surface area contributed by atoms with E-state index in [-0.39, 0.29) is 12.1 Å². The molecule has 22 heavy (non-hydrogen) atoms. The lowest BCUT2D eigenvalue weighted by Crippen LogP contribution is -2.49. The minimum absolute atomic E-state index is 0.0753. The third-order valence-corrected chi connectivity index (χ3v) is 4.82. The molecule has 0 saturated heterocycles. The standard InChI is InChI=1S/C16H22Cl2N2O2/c1-4-22-16(21)20(11-8-9-12(17)13(18)10-11)15-7-5-6-14(15)19(2)3/h8-10,14-15H,4-7H2,1-3H3. The van der Waals surface area contributed by atoms with Crippen LogP contribution in [0.3, 0.4) is 0 Å². The van der Waals surface area contributed by atoms with Gasteiger partial charge in [-0.3, -0.25) is 4.90 Å². The minimum atomic E-state index is -0.334. The van der Waals surface area contributed by atoms with Gasteiger partial charge in [-0.1, -0.05) is 23.2 Å². The van der Waals surface area contributed by atoms with Gasteiger partial charge in [0.05, 0.1) is 22.7 Å². The van der Waals surface area contributed by atoms with Crippen molar-refractivity contribution in [3.05, 3.63) is 28.2 Å². The van der Waals surface area contributed by atoms with Crippen LogP contribution >= 0.6 is 23.2 Å². The Bertz CT molecular complexity index is 537. The zero-order valence-electron chi connectivity index (χ0n) is 13.2. The fraction of sp³-hybridized carbons (Fsp3) is 0.562. The Morgan fingerprint density at radius 2 is 1.91 bits per heavy atom. The molecule has 1 aromatic rings. The molecule has 1 aromatic carbocycles. The third-order valence-electron chi connectivity index (χ3n) is 4.08. The Hall–Kier alpha value is -0.970. The van der Waals surface area contributed by atoms with Crippen LogP contribution in [-0.2, 0) is 4.74 Å². The number of ether oxygens (including phenoxy) is 1. The number of nitrogens with zero attached hydrogens (tertiary/aromatic N) is 2. The molecule has 0 aliphatic heterocycles. The second-order valence-electron chi connectivity index (χ2n) is 5.70. The van der Waals surface area contributed by atoms with E-state index in [0.717, 1.165) is 24.9 Å². The van der Waals surface area contributed by atoms with Crippen molar-refractivity contribution in [2.75, 3.05) is 25.6 Å². The number of hydrogen-bond acceptors (Lipinski definition) is 3. The van der Waals surface area contributed by atoms with E-state index in [1.54, 1.807) is 17.0 Å². The molecule has 0 aromatic heterocycles. The number of hydrogen-bond donors (Lipinski definition) is 0. The van der Waals surface area contributed by atoms with Crippen molar-refractivity contribution < 1.29 is 9.53 Å². The lowest BCUT2D eigenvalue weighted by Gasteiger charge is -2.35. The highest BCUT2D eigenvalue weighted by Crippen LogP contribution is 2.34. The number of amides is 1. The normalized spacial score (nSPS) is 21.2. The summed E-state index contributed by atoms with van der Waals surface area (Å²) in [5.74, 6) is 0. The van der Waals surface area contributed by atoms with Crippen LogP contribution in [0.2, 0.25) is 10.0 Å². The predicted octanol–water partition coefficient (Wildman–Crippen LogP) is 4.44. The summed E-state index contributed by atoms with van der Waals surface area (Å²) in [6.45, 7) is 2.15. The van der Waals surface area contributed by atoms with Gasteiger partial charge in [0.1, 0.15) is 0 Å². The number of carbonyl (C=O) groups excluding carboxylic acids is 1. The number of likely N-dealkylation sites (N-methyl/N-ethyl adjacent to an activating group) is 1. The molecule has 2 rings (SSSR count). The molecule has 1 saturated carbocycles. The van der Waals surface area contributed by atoms with Gasteiger partial charge in [0, 0.05) is 11.7 Å². The molecule has 0 bridgehead atoms. The van der Waals surface area contributed by atoms with Gasteiger partial charge in [0.15, 0.2) is 0 Å². The van der Waals surface area contributed by atoms with Gasteiger partial charge in [0.2, 0.25) is 0 Å². The average Bonchev–Trinajstić information content (AvgIpc) is 2.92. The molecule has 0 spiro atoms. The fourth-order valence-electron chi connectivity index (χ4n) is 3.08. The summed E-state index contributed by atoms with van der Waals surface area (Å²) in [6, 6.07) is 5.64. The van der Waals surface area contributed by atoms with Crippen molar-refractivity contribution in [3.8, 4) is 0 Å². The molecule has 1 amide bonds. The highest BCUT2D eigenvalue weighted by Gasteiger charge is 2.37. The number of benzene rings is 1. The van der Waals surface area contributed by atoms with Crippen molar-refractivity contribution in [2.45, 2.75) is 38.3 Å². The van der Waals surface area contributed by atoms with E-state index in [2.05, 4.69) is 4.90 Å². The topological polar surface area (TPSA) is 32.8 Å². The first-order valence-corrected chi connectivity index (χ1v) is 8.28. The highest BCUT2D eigenvalue weighted by molar-refractivity contribution is 6.42. The maximum atomic E-state index is 12.5. The van der Waals surface area contributed by atoms with E-state index in [9.17, 15) is 4.79 Å². The van der Waals surface area contributed by atoms with Gasteiger partial charge < -0.3 is 9.64 Å². The molecule has 2 unspecified atom stereocenters. The van der Waals surface area contributed by atoms with Crippen LogP contribution in [0, 0.1) is 0 Å². The summed E-state index contributed by atoms with van der Waals surface area (Å²) in [4.78, 5) is 16.4. The quantitative estimate of drug-likeness (QED) is 0.809. The van der Waals surface area contributed by atoms with Crippen LogP contribution in [0.15, 0.2) is 18.2 Å². The SMILES string of the molecule is CCOC(=O)N(c1ccc(Cl)c(Cl)c1)C1CCCC1N(C)C. The Kier molecular flexibility index (Phi) is 5.95. The van der Waals surface area contributed by atoms with Gasteiger partial charge in [0.25, 0.3) is 0 Å². The maximum Gasteiger partial charge on any atom is 0.414 e. The largest absolute Gasteiger partial charge is 0.449 e. The van der Waals surface area contributed by atoms with Gasteiger partial charge in [-0.2, -0.15) is 0 Å². The van der Waals surface area contributed by atoms with E-state index in [0.29, 0.717) is 22.7 Å². The first kappa shape index (κ1) is 17.4. The van der Waals surface area contributed by atoms with Crippen LogP contribution in [-0.4, -0.2) is 43.8 Å². The van der Waals surface area contributed by atoms with Gasteiger partial charge in [-0.15, -0.1) is 0 Å². The van der Waals surface area contributed by atoms with Crippen molar-refractivity contribution in [1.82, 2.24) is 4.90 Å². The van der Waals surface area contributed by atoms with E-state index >= 15 is 0 Å². The Balaban J connectivity index is 2.37. The van der Waals surface area contributed by atoms with E-state index in [4.69, 9.17) is 27.9 Å². The van der Waals surface area contributed by atoms with Crippen LogP contribution in [0.5, 0.6) is 0 Å². The zero-order chi connectivity index (χ0) is 16.3. The summed E-state index contributed by atoms with van der Waals surface area (Å²) in [5.41, 5.74) is 0.728. The molecule has 2 atom stereocenters. The molecular formula is C16H22Cl2N2O2. The van der Waals surface area contributed by atoms with Crippen LogP contribution in [0.1, 0.15) is 26.2 Å². The summed E-state index contributed by atoms with van der Waals surface area (Å²) >= 11 is 12.1. The van der Waals surface area contributed by atoms with Crippen molar-refractivity contribution in [1.29, 1.82) is 0 Å². The molecular weight excluding hydrogens is 323 g/mol. The van der Waals surface area contributed by atoms with Gasteiger partial charge >= 0.3 is 6.09 Å². The van der Waals surface area contributed by atoms with Crippen molar-refractivity contribution >= 4 is 35.0 Å². The summed E-state index contributed by atoms with van der Waals surface area (Å²) in [7, 11) is 4.09. The zero-order valence-corrected chi connectivity index (χ0v) is 14.7. The first-order valence-electron chi connectivity index (χ1n) is 7.53. The van der Waals surface area contributed by atoms with Crippen molar-refractivity contribution in [3.63, 3.8) is 0 Å². The average molecular weight is 345 g/mol. The number of anilines is 1. The molecule has 0 heterocycles. The van der Waals surface area contributed by atoms with Crippen LogP contribution in [0.4, 0.5) is 10.5 Å². The second-order valence-corrected chi connectivity index (χ2v) is 6.51. The lowest BCUT2D eigenvalue weighted by molar-refractivity contribution is 0.152. The summed E-state index contributed by atoms with van der Waals surface area (Å²) in [5, 5.41) is 0.915. The molecule has 1 aliphatic rings. The monoisotopic (exact) mass is 344 g/mol. The molecule has 1 fully saturated rings. The van der Waals surface area contributed by atoms with E-state index < -0.39 is 0 Å². The number of rotatable bonds is 4. The van der Waals surface area contributed by atoms with Gasteiger partial charge in [-0.25, -0.2) is 4.79 Å². The molecule has 1 aliphatic carbocycles. The smallest absolute Gasteiger partial charge is 0.414 e. The Labute approximate surface area is 141 Å². The Morgan fingerprint density at radius 3 is 2.50 bits per heavy atom. The summed E-state index contributed by atoms with van der Waals surface area (Å²) < 4.78 is 5.26. The van der Waals surface area contributed by atoms with Crippen LogP contribution in [0.25, 0.3) is 0 Å². The molecule has 0 radical (unpaired) electrons. The number of carbonyl (C=O) groups is 1. The van der Waals surface area contributed by atoms with E-state index in [1.807, 2.05) is 27.1 Å². The van der Waals surface area contributed by atoms with Crippen molar-refractivity contribution in [2.24, 2.45) is 0 Å². The predicted molar refractivity (Wildman–Crippen MR) is 91.1 cm³/mol. The first-order chi connectivity index (χ1) is 10.5. The molecule has 122 valence electrons. The molecule has 4 nitrogen and oxygen atoms in total. The Morgan fingerprint density at radius 1 is 1.23 bits per heavy atom. The van der Waals surface area contributed by atoms with E-state index in [1.165, 1.54) is 0 Å². The van der Waals surface area contributed by atoms with Crippen LogP contribution < -0.4 is 4.90 Å². The van der Waals surface area contributed by atoms with Gasteiger partial charge in [-0.05, 0) is 58.5 Å². The fourth-order valence-corrected chi connectivity index (χ4v) is 3.38. The number of halogens is 2. The third kappa shape index (κ3) is 3.67. The molecule has 6 heteroatoms. The highest BCUT2D eigenvalue weighted by atomic mass is 35.5. The summed E-state index contributed by atoms with van der Waals surface area (Å²) in [6.07, 6.45) is 2.77. The maximum absolute atomic E-state index is 12.5.